The van der Waals surface area contributed by atoms with Crippen LogP contribution in [0.3, 0.4) is 0 Å². The van der Waals surface area contributed by atoms with Crippen LogP contribution in [-0.2, 0) is 11.2 Å². The zero-order chi connectivity index (χ0) is 10.7. The van der Waals surface area contributed by atoms with Crippen LogP contribution in [0.1, 0.15) is 11.1 Å². The number of ether oxygens (including phenoxy) is 1. The van der Waals surface area contributed by atoms with Gasteiger partial charge in [-0.15, -0.1) is 0 Å². The molecule has 1 aromatic carbocycles. The van der Waals surface area contributed by atoms with E-state index in [-0.39, 0.29) is 0 Å². The predicted octanol–water partition coefficient (Wildman–Crippen LogP) is 1.84. The molecule has 15 heavy (non-hydrogen) atoms. The van der Waals surface area contributed by atoms with Gasteiger partial charge in [-0.25, -0.2) is 4.79 Å². The summed E-state index contributed by atoms with van der Waals surface area (Å²) in [5.74, 6) is 0. The summed E-state index contributed by atoms with van der Waals surface area (Å²) in [5, 5.41) is 2.70. The molecule has 0 atom stereocenters. The molecule has 1 amide bonds. The van der Waals surface area contributed by atoms with E-state index in [1.165, 1.54) is 7.11 Å². The fraction of sp³-hybridized carbons (Fsp3) is 0.273. The smallest absolute Gasteiger partial charge is 0.411 e. The van der Waals surface area contributed by atoms with Crippen molar-refractivity contribution in [3.8, 4) is 0 Å². The number of carbonyl (C=O) groups excluding carboxylic acids is 1. The van der Waals surface area contributed by atoms with Crippen molar-refractivity contribution in [3.05, 3.63) is 29.3 Å². The Morgan fingerprint density at radius 1 is 1.53 bits per heavy atom. The summed E-state index contributed by atoms with van der Waals surface area (Å²) in [7, 11) is 1.35. The van der Waals surface area contributed by atoms with E-state index in [2.05, 4.69) is 15.0 Å². The summed E-state index contributed by atoms with van der Waals surface area (Å²) in [6, 6.07) is 5.75. The summed E-state index contributed by atoms with van der Waals surface area (Å²) >= 11 is 0. The van der Waals surface area contributed by atoms with Gasteiger partial charge in [-0.1, -0.05) is 12.1 Å². The quantitative estimate of drug-likeness (QED) is 0.758. The molecule has 78 valence electrons. The number of hydrogen-bond donors (Lipinski definition) is 1. The van der Waals surface area contributed by atoms with E-state index in [4.69, 9.17) is 0 Å². The first-order chi connectivity index (χ1) is 7.31. The maximum Gasteiger partial charge on any atom is 0.411 e. The average Bonchev–Trinajstić information content (AvgIpc) is 2.29. The van der Waals surface area contributed by atoms with Crippen molar-refractivity contribution in [3.63, 3.8) is 0 Å². The summed E-state index contributed by atoms with van der Waals surface area (Å²) < 4.78 is 4.56. The van der Waals surface area contributed by atoms with Crippen molar-refractivity contribution >= 4 is 18.0 Å². The minimum Gasteiger partial charge on any atom is -0.453 e. The number of benzene rings is 1. The van der Waals surface area contributed by atoms with Crippen molar-refractivity contribution in [1.29, 1.82) is 0 Å². The first kappa shape index (κ1) is 9.71. The van der Waals surface area contributed by atoms with Crippen LogP contribution in [0.15, 0.2) is 23.2 Å². The summed E-state index contributed by atoms with van der Waals surface area (Å²) in [4.78, 5) is 15.3. The predicted molar refractivity (Wildman–Crippen MR) is 58.6 cm³/mol. The number of amides is 1. The zero-order valence-corrected chi connectivity index (χ0v) is 8.49. The van der Waals surface area contributed by atoms with Crippen LogP contribution in [0.25, 0.3) is 0 Å². The van der Waals surface area contributed by atoms with E-state index < -0.39 is 6.09 Å². The summed E-state index contributed by atoms with van der Waals surface area (Å²) in [5.41, 5.74) is 3.00. The van der Waals surface area contributed by atoms with E-state index in [0.717, 1.165) is 29.8 Å². The number of rotatable bonds is 1. The molecule has 1 aromatic rings. The number of hydrogen-bond acceptors (Lipinski definition) is 3. The first-order valence-electron chi connectivity index (χ1n) is 4.78. The highest BCUT2D eigenvalue weighted by Crippen LogP contribution is 2.22. The zero-order valence-electron chi connectivity index (χ0n) is 8.49. The molecular formula is C11H12N2O2. The Kier molecular flexibility index (Phi) is 2.67. The molecule has 0 radical (unpaired) electrons. The molecule has 0 fully saturated rings. The van der Waals surface area contributed by atoms with Gasteiger partial charge in [-0.05, 0) is 23.6 Å². The molecular weight excluding hydrogens is 192 g/mol. The third-order valence-corrected chi connectivity index (χ3v) is 2.36. The molecule has 0 aromatic heterocycles. The second-order valence-corrected chi connectivity index (χ2v) is 3.28. The molecule has 1 heterocycles. The molecule has 0 saturated carbocycles. The van der Waals surface area contributed by atoms with Gasteiger partial charge in [-0.3, -0.25) is 10.3 Å². The monoisotopic (exact) mass is 204 g/mol. The van der Waals surface area contributed by atoms with Crippen LogP contribution in [-0.4, -0.2) is 26.0 Å². The van der Waals surface area contributed by atoms with Gasteiger partial charge in [0.05, 0.1) is 7.11 Å². The topological polar surface area (TPSA) is 50.7 Å². The number of carbonyl (C=O) groups is 1. The minimum absolute atomic E-state index is 0.439. The minimum atomic E-state index is -0.439. The third-order valence-electron chi connectivity index (χ3n) is 2.36. The highest BCUT2D eigenvalue weighted by molar-refractivity contribution is 5.91. The molecule has 0 aliphatic carbocycles. The van der Waals surface area contributed by atoms with Gasteiger partial charge in [0.15, 0.2) is 0 Å². The Balaban J connectivity index is 2.32. The summed E-state index contributed by atoms with van der Waals surface area (Å²) in [6.07, 6.45) is 2.25. The molecule has 0 spiro atoms. The van der Waals surface area contributed by atoms with Gasteiger partial charge in [-0.2, -0.15) is 0 Å². The van der Waals surface area contributed by atoms with Crippen LogP contribution >= 0.6 is 0 Å². The van der Waals surface area contributed by atoms with Crippen LogP contribution in [0, 0.1) is 0 Å². The lowest BCUT2D eigenvalue weighted by Crippen LogP contribution is -2.15. The first-order valence-corrected chi connectivity index (χ1v) is 4.78. The second kappa shape index (κ2) is 4.13. The largest absolute Gasteiger partial charge is 0.453 e. The molecule has 4 heteroatoms. The van der Waals surface area contributed by atoms with Crippen molar-refractivity contribution < 1.29 is 9.53 Å². The Labute approximate surface area is 88.0 Å². The highest BCUT2D eigenvalue weighted by Gasteiger charge is 2.11. The lowest BCUT2D eigenvalue weighted by molar-refractivity contribution is 0.187. The van der Waals surface area contributed by atoms with Crippen molar-refractivity contribution in [1.82, 2.24) is 0 Å². The van der Waals surface area contributed by atoms with Gasteiger partial charge in [0, 0.05) is 18.4 Å². The molecule has 2 rings (SSSR count). The molecule has 0 unspecified atom stereocenters. The van der Waals surface area contributed by atoms with E-state index in [9.17, 15) is 4.79 Å². The summed E-state index contributed by atoms with van der Waals surface area (Å²) in [6.45, 7) is 0.771. The van der Waals surface area contributed by atoms with Crippen LogP contribution in [0.2, 0.25) is 0 Å². The second-order valence-electron chi connectivity index (χ2n) is 3.28. The SMILES string of the molecule is COC(=O)Nc1cccc2c1CCN=C2. The normalized spacial score (nSPS) is 13.1. The Hall–Kier alpha value is -1.84. The van der Waals surface area contributed by atoms with E-state index in [1.807, 2.05) is 24.4 Å². The maximum absolute atomic E-state index is 11.1. The number of fused-ring (bicyclic) bond motifs is 1. The lowest BCUT2D eigenvalue weighted by atomic mass is 10.0. The van der Waals surface area contributed by atoms with E-state index in [1.54, 1.807) is 0 Å². The fourth-order valence-electron chi connectivity index (χ4n) is 1.62. The van der Waals surface area contributed by atoms with Crippen LogP contribution in [0.4, 0.5) is 10.5 Å². The molecule has 1 aliphatic heterocycles. The van der Waals surface area contributed by atoms with Crippen molar-refractivity contribution in [2.24, 2.45) is 4.99 Å². The number of anilines is 1. The highest BCUT2D eigenvalue weighted by atomic mass is 16.5. The standard InChI is InChI=1S/C11H12N2O2/c1-15-11(14)13-10-4-2-3-8-7-12-6-5-9(8)10/h2-4,7H,5-6H2,1H3,(H,13,14). The lowest BCUT2D eigenvalue weighted by Gasteiger charge is -2.14. The number of nitrogens with zero attached hydrogens (tertiary/aromatic N) is 1. The Bertz CT molecular complexity index is 413. The van der Waals surface area contributed by atoms with Gasteiger partial charge in [0.2, 0.25) is 0 Å². The maximum atomic E-state index is 11.1. The number of nitrogens with one attached hydrogen (secondary N) is 1. The fourth-order valence-corrected chi connectivity index (χ4v) is 1.62. The average molecular weight is 204 g/mol. The Morgan fingerprint density at radius 3 is 3.20 bits per heavy atom. The van der Waals surface area contributed by atoms with Gasteiger partial charge < -0.3 is 4.74 Å². The Morgan fingerprint density at radius 2 is 2.40 bits per heavy atom. The van der Waals surface area contributed by atoms with Crippen LogP contribution in [0.5, 0.6) is 0 Å². The van der Waals surface area contributed by atoms with Crippen molar-refractivity contribution in [2.75, 3.05) is 19.0 Å². The molecule has 1 aliphatic rings. The van der Waals surface area contributed by atoms with Gasteiger partial charge in [0.25, 0.3) is 0 Å². The van der Waals surface area contributed by atoms with Gasteiger partial charge >= 0.3 is 6.09 Å². The van der Waals surface area contributed by atoms with E-state index >= 15 is 0 Å². The van der Waals surface area contributed by atoms with Crippen molar-refractivity contribution in [2.45, 2.75) is 6.42 Å². The third kappa shape index (κ3) is 1.98. The molecule has 0 bridgehead atoms. The molecule has 4 nitrogen and oxygen atoms in total. The molecule has 0 saturated heterocycles. The van der Waals surface area contributed by atoms with Crippen LogP contribution < -0.4 is 5.32 Å². The number of methoxy groups -OCH3 is 1. The van der Waals surface area contributed by atoms with E-state index in [0.29, 0.717) is 0 Å². The van der Waals surface area contributed by atoms with Gasteiger partial charge in [0.1, 0.15) is 0 Å². The molecule has 1 N–H and O–H groups in total. The number of aliphatic imine (C=N–C) groups is 1.